The van der Waals surface area contributed by atoms with Crippen molar-refractivity contribution < 1.29 is 9.84 Å². The molecule has 0 spiro atoms. The van der Waals surface area contributed by atoms with E-state index in [0.717, 1.165) is 12.8 Å². The van der Waals surface area contributed by atoms with Crippen molar-refractivity contribution in [1.29, 1.82) is 5.26 Å². The summed E-state index contributed by atoms with van der Waals surface area (Å²) in [6.45, 7) is 4.21. The van der Waals surface area contributed by atoms with Gasteiger partial charge in [-0.3, -0.25) is 0 Å². The van der Waals surface area contributed by atoms with Crippen LogP contribution in [0.5, 0.6) is 0 Å². The SMILES string of the molecule is CCCC(C#N)C(C)(O)CCOC. The Balaban J connectivity index is 4.13. The molecule has 0 aliphatic heterocycles. The third-order valence-electron chi connectivity index (χ3n) is 2.30. The molecule has 0 saturated heterocycles. The molecular weight excluding hydrogens is 166 g/mol. The summed E-state index contributed by atoms with van der Waals surface area (Å²) >= 11 is 0. The number of nitrogens with zero attached hydrogens (tertiary/aromatic N) is 1. The molecule has 0 radical (unpaired) electrons. The Bertz CT molecular complexity index is 172. The highest BCUT2D eigenvalue weighted by molar-refractivity contribution is 4.95. The minimum absolute atomic E-state index is 0.285. The fourth-order valence-corrected chi connectivity index (χ4v) is 1.29. The van der Waals surface area contributed by atoms with Crippen LogP contribution < -0.4 is 0 Å². The zero-order valence-corrected chi connectivity index (χ0v) is 8.71. The summed E-state index contributed by atoms with van der Waals surface area (Å²) in [4.78, 5) is 0. The molecule has 2 atom stereocenters. The normalized spacial score (nSPS) is 17.5. The molecule has 3 heteroatoms. The van der Waals surface area contributed by atoms with Crippen molar-refractivity contribution in [2.75, 3.05) is 13.7 Å². The quantitative estimate of drug-likeness (QED) is 0.685. The van der Waals surface area contributed by atoms with E-state index in [2.05, 4.69) is 6.07 Å². The Morgan fingerprint density at radius 1 is 1.62 bits per heavy atom. The standard InChI is InChI=1S/C10H19NO2/c1-4-5-9(8-11)10(2,12)6-7-13-3/h9,12H,4-7H2,1-3H3. The van der Waals surface area contributed by atoms with E-state index in [1.165, 1.54) is 0 Å². The zero-order valence-electron chi connectivity index (χ0n) is 8.71. The maximum Gasteiger partial charge on any atom is 0.0799 e. The summed E-state index contributed by atoms with van der Waals surface area (Å²) in [5, 5.41) is 18.8. The molecule has 0 aliphatic carbocycles. The van der Waals surface area contributed by atoms with Crippen LogP contribution in [0.2, 0.25) is 0 Å². The number of methoxy groups -OCH3 is 1. The van der Waals surface area contributed by atoms with E-state index in [-0.39, 0.29) is 5.92 Å². The highest BCUT2D eigenvalue weighted by Crippen LogP contribution is 2.24. The van der Waals surface area contributed by atoms with Gasteiger partial charge in [0, 0.05) is 20.1 Å². The first-order valence-electron chi connectivity index (χ1n) is 4.69. The van der Waals surface area contributed by atoms with Gasteiger partial charge in [-0.1, -0.05) is 13.3 Å². The topological polar surface area (TPSA) is 53.2 Å². The lowest BCUT2D eigenvalue weighted by molar-refractivity contribution is -0.0103. The number of ether oxygens (including phenoxy) is 1. The summed E-state index contributed by atoms with van der Waals surface area (Å²) in [5.41, 5.74) is -0.916. The van der Waals surface area contributed by atoms with Crippen LogP contribution >= 0.6 is 0 Å². The molecule has 0 aromatic rings. The molecule has 3 nitrogen and oxygen atoms in total. The molecule has 13 heavy (non-hydrogen) atoms. The number of hydrogen-bond acceptors (Lipinski definition) is 3. The maximum atomic E-state index is 9.93. The Morgan fingerprint density at radius 3 is 2.62 bits per heavy atom. The van der Waals surface area contributed by atoms with Gasteiger partial charge in [-0.2, -0.15) is 5.26 Å². The minimum atomic E-state index is -0.916. The van der Waals surface area contributed by atoms with Gasteiger partial charge >= 0.3 is 0 Å². The summed E-state index contributed by atoms with van der Waals surface area (Å²) in [7, 11) is 1.59. The first-order chi connectivity index (χ1) is 6.08. The lowest BCUT2D eigenvalue weighted by Crippen LogP contribution is -2.34. The van der Waals surface area contributed by atoms with Gasteiger partial charge in [0.2, 0.25) is 0 Å². The number of rotatable bonds is 6. The fourth-order valence-electron chi connectivity index (χ4n) is 1.29. The zero-order chi connectivity index (χ0) is 10.3. The van der Waals surface area contributed by atoms with Gasteiger partial charge in [0.15, 0.2) is 0 Å². The third-order valence-corrected chi connectivity index (χ3v) is 2.30. The monoisotopic (exact) mass is 185 g/mol. The fraction of sp³-hybridized carbons (Fsp3) is 0.900. The second-order valence-corrected chi connectivity index (χ2v) is 3.57. The van der Waals surface area contributed by atoms with Crippen LogP contribution in [0.25, 0.3) is 0 Å². The third kappa shape index (κ3) is 4.25. The van der Waals surface area contributed by atoms with E-state index in [1.807, 2.05) is 6.92 Å². The van der Waals surface area contributed by atoms with Crippen LogP contribution in [0.4, 0.5) is 0 Å². The smallest absolute Gasteiger partial charge is 0.0799 e. The van der Waals surface area contributed by atoms with Crippen LogP contribution in [0.1, 0.15) is 33.1 Å². The van der Waals surface area contributed by atoms with Crippen LogP contribution in [0, 0.1) is 17.2 Å². The molecule has 0 heterocycles. The van der Waals surface area contributed by atoms with Gasteiger partial charge in [-0.25, -0.2) is 0 Å². The van der Waals surface area contributed by atoms with Crippen LogP contribution in [-0.4, -0.2) is 24.4 Å². The van der Waals surface area contributed by atoms with Gasteiger partial charge in [-0.15, -0.1) is 0 Å². The van der Waals surface area contributed by atoms with Gasteiger partial charge in [0.05, 0.1) is 17.6 Å². The predicted octanol–water partition coefficient (Wildman–Crippen LogP) is 1.71. The Labute approximate surface area is 80.3 Å². The first-order valence-corrected chi connectivity index (χ1v) is 4.69. The van der Waals surface area contributed by atoms with E-state index in [4.69, 9.17) is 10.00 Å². The molecule has 76 valence electrons. The van der Waals surface area contributed by atoms with E-state index >= 15 is 0 Å². The number of hydrogen-bond donors (Lipinski definition) is 1. The van der Waals surface area contributed by atoms with Crippen molar-refractivity contribution in [2.45, 2.75) is 38.7 Å². The van der Waals surface area contributed by atoms with Crippen LogP contribution in [-0.2, 0) is 4.74 Å². The van der Waals surface area contributed by atoms with E-state index < -0.39 is 5.60 Å². The van der Waals surface area contributed by atoms with Crippen molar-refractivity contribution in [3.8, 4) is 6.07 Å². The van der Waals surface area contributed by atoms with Crippen molar-refractivity contribution in [2.24, 2.45) is 5.92 Å². The van der Waals surface area contributed by atoms with E-state index in [1.54, 1.807) is 14.0 Å². The average molecular weight is 185 g/mol. The maximum absolute atomic E-state index is 9.93. The van der Waals surface area contributed by atoms with E-state index in [9.17, 15) is 5.11 Å². The lowest BCUT2D eigenvalue weighted by atomic mass is 9.84. The summed E-state index contributed by atoms with van der Waals surface area (Å²) in [6, 6.07) is 2.15. The molecule has 0 aromatic heterocycles. The largest absolute Gasteiger partial charge is 0.389 e. The highest BCUT2D eigenvalue weighted by Gasteiger charge is 2.30. The summed E-state index contributed by atoms with van der Waals surface area (Å²) in [6.07, 6.45) is 2.18. The van der Waals surface area contributed by atoms with Gasteiger partial charge in [-0.05, 0) is 13.3 Å². The highest BCUT2D eigenvalue weighted by atomic mass is 16.5. The molecule has 0 rings (SSSR count). The minimum Gasteiger partial charge on any atom is -0.389 e. The first kappa shape index (κ1) is 12.4. The van der Waals surface area contributed by atoms with Gasteiger partial charge in [0.1, 0.15) is 0 Å². The molecule has 0 aromatic carbocycles. The molecule has 1 N–H and O–H groups in total. The van der Waals surface area contributed by atoms with Crippen molar-refractivity contribution >= 4 is 0 Å². The summed E-state index contributed by atoms with van der Waals surface area (Å²) < 4.78 is 4.88. The molecule has 0 saturated carbocycles. The molecule has 0 amide bonds. The second-order valence-electron chi connectivity index (χ2n) is 3.57. The van der Waals surface area contributed by atoms with Crippen LogP contribution in [0.3, 0.4) is 0 Å². The molecule has 0 fully saturated rings. The molecular formula is C10H19NO2. The van der Waals surface area contributed by atoms with Crippen molar-refractivity contribution in [3.05, 3.63) is 0 Å². The van der Waals surface area contributed by atoms with Crippen molar-refractivity contribution in [1.82, 2.24) is 0 Å². The second kappa shape index (κ2) is 5.95. The van der Waals surface area contributed by atoms with E-state index in [0.29, 0.717) is 13.0 Å². The van der Waals surface area contributed by atoms with Gasteiger partial charge < -0.3 is 9.84 Å². The molecule has 2 unspecified atom stereocenters. The summed E-state index contributed by atoms with van der Waals surface area (Å²) in [5.74, 6) is -0.285. The lowest BCUT2D eigenvalue weighted by Gasteiger charge is -2.27. The Hall–Kier alpha value is -0.590. The van der Waals surface area contributed by atoms with Gasteiger partial charge in [0.25, 0.3) is 0 Å². The number of nitriles is 1. The Morgan fingerprint density at radius 2 is 2.23 bits per heavy atom. The number of aliphatic hydroxyl groups is 1. The predicted molar refractivity (Wildman–Crippen MR) is 51.1 cm³/mol. The molecule has 0 aliphatic rings. The average Bonchev–Trinajstić information content (AvgIpc) is 2.10. The van der Waals surface area contributed by atoms with Crippen LogP contribution in [0.15, 0.2) is 0 Å². The van der Waals surface area contributed by atoms with Crippen molar-refractivity contribution in [3.63, 3.8) is 0 Å². The molecule has 0 bridgehead atoms. The Kier molecular flexibility index (Phi) is 5.68.